The third-order valence-corrected chi connectivity index (χ3v) is 4.15. The van der Waals surface area contributed by atoms with E-state index in [1.807, 2.05) is 30.3 Å². The van der Waals surface area contributed by atoms with Crippen LogP contribution in [-0.4, -0.2) is 21.3 Å². The molecular formula is C18H14ClF3N4O. The Morgan fingerprint density at radius 1 is 1.07 bits per heavy atom. The van der Waals surface area contributed by atoms with Gasteiger partial charge in [-0.3, -0.25) is 4.79 Å². The normalized spacial score (nSPS) is 11.4. The number of aromatic nitrogens is 3. The topological polar surface area (TPSA) is 59.8 Å². The van der Waals surface area contributed by atoms with Gasteiger partial charge in [0.05, 0.1) is 17.4 Å². The number of pyridine rings is 1. The van der Waals surface area contributed by atoms with Crippen LogP contribution in [0.4, 0.5) is 18.9 Å². The zero-order chi connectivity index (χ0) is 19.4. The molecule has 0 aliphatic carbocycles. The maximum Gasteiger partial charge on any atom is 0.417 e. The second-order valence-electron chi connectivity index (χ2n) is 5.65. The molecule has 3 aromatic rings. The lowest BCUT2D eigenvalue weighted by molar-refractivity contribution is -0.137. The molecule has 140 valence electrons. The first-order valence-electron chi connectivity index (χ1n) is 7.95. The lowest BCUT2D eigenvalue weighted by Crippen LogP contribution is -2.24. The molecule has 3 rings (SSSR count). The van der Waals surface area contributed by atoms with Crippen LogP contribution in [0.5, 0.6) is 0 Å². The van der Waals surface area contributed by atoms with Gasteiger partial charge in [0.15, 0.2) is 5.82 Å². The van der Waals surface area contributed by atoms with Gasteiger partial charge in [0, 0.05) is 12.7 Å². The van der Waals surface area contributed by atoms with Crippen LogP contribution < -0.4 is 10.9 Å². The SMILES string of the molecule is O=c1c(Cl)c(NCCc2ccccc2)cnn1-c1ccc(C(F)(F)F)cn1. The number of hydrogen-bond donors (Lipinski definition) is 1. The summed E-state index contributed by atoms with van der Waals surface area (Å²) < 4.78 is 38.7. The number of nitrogens with one attached hydrogen (secondary N) is 1. The predicted octanol–water partition coefficient (Wildman–Crippen LogP) is 3.95. The summed E-state index contributed by atoms with van der Waals surface area (Å²) in [7, 11) is 0. The van der Waals surface area contributed by atoms with Gasteiger partial charge in [-0.1, -0.05) is 41.9 Å². The van der Waals surface area contributed by atoms with E-state index in [4.69, 9.17) is 11.6 Å². The van der Waals surface area contributed by atoms with Gasteiger partial charge < -0.3 is 5.32 Å². The molecule has 1 aromatic carbocycles. The van der Waals surface area contributed by atoms with Crippen LogP contribution in [0.1, 0.15) is 11.1 Å². The molecule has 0 radical (unpaired) electrons. The summed E-state index contributed by atoms with van der Waals surface area (Å²) in [6, 6.07) is 11.6. The van der Waals surface area contributed by atoms with Gasteiger partial charge in [0.25, 0.3) is 5.56 Å². The first kappa shape index (κ1) is 18.9. The number of rotatable bonds is 5. The summed E-state index contributed by atoms with van der Waals surface area (Å²) in [5.41, 5.74) is -0.115. The first-order valence-corrected chi connectivity index (χ1v) is 8.33. The van der Waals surface area contributed by atoms with E-state index in [-0.39, 0.29) is 10.8 Å². The smallest absolute Gasteiger partial charge is 0.382 e. The van der Waals surface area contributed by atoms with Gasteiger partial charge in [-0.2, -0.15) is 23.0 Å². The highest BCUT2D eigenvalue weighted by molar-refractivity contribution is 6.32. The van der Waals surface area contributed by atoms with E-state index in [1.165, 1.54) is 6.20 Å². The molecule has 0 aliphatic rings. The van der Waals surface area contributed by atoms with Crippen LogP contribution >= 0.6 is 11.6 Å². The Morgan fingerprint density at radius 3 is 2.44 bits per heavy atom. The minimum Gasteiger partial charge on any atom is -0.382 e. The Kier molecular flexibility index (Phi) is 5.46. The fourth-order valence-corrected chi connectivity index (χ4v) is 2.58. The molecule has 5 nitrogen and oxygen atoms in total. The summed E-state index contributed by atoms with van der Waals surface area (Å²) >= 11 is 6.09. The van der Waals surface area contributed by atoms with Crippen LogP contribution in [0, 0.1) is 0 Å². The largest absolute Gasteiger partial charge is 0.417 e. The van der Waals surface area contributed by atoms with E-state index in [9.17, 15) is 18.0 Å². The molecule has 0 amide bonds. The highest BCUT2D eigenvalue weighted by Crippen LogP contribution is 2.28. The van der Waals surface area contributed by atoms with Crippen LogP contribution in [0.3, 0.4) is 0 Å². The fraction of sp³-hybridized carbons (Fsp3) is 0.167. The minimum atomic E-state index is -4.51. The molecule has 0 unspecified atom stereocenters. The van der Waals surface area contributed by atoms with Gasteiger partial charge in [0.1, 0.15) is 5.02 Å². The number of anilines is 1. The van der Waals surface area contributed by atoms with Crippen molar-refractivity contribution in [2.75, 3.05) is 11.9 Å². The Labute approximate surface area is 157 Å². The van der Waals surface area contributed by atoms with Crippen molar-refractivity contribution in [3.63, 3.8) is 0 Å². The molecular weight excluding hydrogens is 381 g/mol. The van der Waals surface area contributed by atoms with Gasteiger partial charge in [-0.05, 0) is 24.1 Å². The molecule has 27 heavy (non-hydrogen) atoms. The second kappa shape index (κ2) is 7.79. The van der Waals surface area contributed by atoms with E-state index in [0.29, 0.717) is 18.4 Å². The van der Waals surface area contributed by atoms with E-state index in [2.05, 4.69) is 15.4 Å². The zero-order valence-corrected chi connectivity index (χ0v) is 14.6. The van der Waals surface area contributed by atoms with Crippen molar-refractivity contribution in [2.45, 2.75) is 12.6 Å². The van der Waals surface area contributed by atoms with Crippen LogP contribution in [-0.2, 0) is 12.6 Å². The molecule has 2 heterocycles. The Morgan fingerprint density at radius 2 is 1.81 bits per heavy atom. The van der Waals surface area contributed by atoms with Crippen molar-refractivity contribution in [1.29, 1.82) is 0 Å². The molecule has 1 N–H and O–H groups in total. The van der Waals surface area contributed by atoms with E-state index >= 15 is 0 Å². The zero-order valence-electron chi connectivity index (χ0n) is 13.9. The Bertz CT molecular complexity index is 973. The minimum absolute atomic E-state index is 0.0502. The summed E-state index contributed by atoms with van der Waals surface area (Å²) in [5, 5.41) is 6.86. The van der Waals surface area contributed by atoms with Crippen LogP contribution in [0.15, 0.2) is 59.7 Å². The summed E-state index contributed by atoms with van der Waals surface area (Å²) in [4.78, 5) is 16.0. The van der Waals surface area contributed by atoms with Crippen molar-refractivity contribution in [3.05, 3.63) is 81.4 Å². The van der Waals surface area contributed by atoms with Crippen molar-refractivity contribution in [2.24, 2.45) is 0 Å². The van der Waals surface area contributed by atoms with Crippen molar-refractivity contribution >= 4 is 17.3 Å². The number of nitrogens with zero attached hydrogens (tertiary/aromatic N) is 3. The standard InChI is InChI=1S/C18H14ClF3N4O/c19-16-14(23-9-8-12-4-2-1-3-5-12)11-25-26(17(16)27)15-7-6-13(10-24-15)18(20,21)22/h1-7,10-11,23H,8-9H2. The number of halogens is 4. The fourth-order valence-electron chi connectivity index (χ4n) is 2.38. The van der Waals surface area contributed by atoms with Gasteiger partial charge in [-0.25, -0.2) is 4.98 Å². The quantitative estimate of drug-likeness (QED) is 0.711. The van der Waals surface area contributed by atoms with Crippen LogP contribution in [0.2, 0.25) is 5.02 Å². The second-order valence-corrected chi connectivity index (χ2v) is 6.03. The summed E-state index contributed by atoms with van der Waals surface area (Å²) in [6.07, 6.45) is -1.80. The highest BCUT2D eigenvalue weighted by atomic mass is 35.5. The predicted molar refractivity (Wildman–Crippen MR) is 96.3 cm³/mol. The molecule has 9 heteroatoms. The lowest BCUT2D eigenvalue weighted by atomic mass is 10.1. The molecule has 0 aliphatic heterocycles. The molecule has 2 aromatic heterocycles. The highest BCUT2D eigenvalue weighted by Gasteiger charge is 2.30. The molecule has 0 bridgehead atoms. The molecule has 0 spiro atoms. The summed E-state index contributed by atoms with van der Waals surface area (Å²) in [6.45, 7) is 0.535. The Hall–Kier alpha value is -2.87. The molecule has 0 atom stereocenters. The monoisotopic (exact) mass is 394 g/mol. The maximum atomic E-state index is 12.6. The first-order chi connectivity index (χ1) is 12.9. The maximum absolute atomic E-state index is 12.6. The van der Waals surface area contributed by atoms with Gasteiger partial charge in [-0.15, -0.1) is 0 Å². The van der Waals surface area contributed by atoms with E-state index < -0.39 is 17.3 Å². The van der Waals surface area contributed by atoms with Crippen molar-refractivity contribution < 1.29 is 13.2 Å². The van der Waals surface area contributed by atoms with Crippen molar-refractivity contribution in [1.82, 2.24) is 14.8 Å². The number of alkyl halides is 3. The average molecular weight is 395 g/mol. The van der Waals surface area contributed by atoms with E-state index in [0.717, 1.165) is 28.8 Å². The summed E-state index contributed by atoms with van der Waals surface area (Å²) in [5.74, 6) is -0.0502. The van der Waals surface area contributed by atoms with Crippen molar-refractivity contribution in [3.8, 4) is 5.82 Å². The number of hydrogen-bond acceptors (Lipinski definition) is 4. The molecule has 0 saturated carbocycles. The number of benzene rings is 1. The van der Waals surface area contributed by atoms with E-state index in [1.54, 1.807) is 0 Å². The third-order valence-electron chi connectivity index (χ3n) is 3.78. The lowest BCUT2D eigenvalue weighted by Gasteiger charge is -2.11. The molecule has 0 saturated heterocycles. The van der Waals surface area contributed by atoms with Crippen LogP contribution in [0.25, 0.3) is 5.82 Å². The average Bonchev–Trinajstić information content (AvgIpc) is 2.66. The molecule has 0 fully saturated rings. The third kappa shape index (κ3) is 4.46. The van der Waals surface area contributed by atoms with Gasteiger partial charge >= 0.3 is 6.18 Å². The van der Waals surface area contributed by atoms with Gasteiger partial charge in [0.2, 0.25) is 0 Å². The Balaban J connectivity index is 1.76.